The molecule has 0 aromatic heterocycles. The summed E-state index contributed by atoms with van der Waals surface area (Å²) in [4.78, 5) is 2.22. The third-order valence-electron chi connectivity index (χ3n) is 3.19. The second-order valence-corrected chi connectivity index (χ2v) is 4.80. The Morgan fingerprint density at radius 2 is 1.79 bits per heavy atom. The Morgan fingerprint density at radius 3 is 2.42 bits per heavy atom. The Hall–Kier alpha value is -1.51. The maximum Gasteiger partial charge on any atom is 0.0716 e. The average molecular weight is 276 g/mol. The molecule has 2 aromatic carbocycles. The van der Waals surface area contributed by atoms with Gasteiger partial charge in [0.25, 0.3) is 0 Å². The number of rotatable bonds is 5. The second-order valence-electron chi connectivity index (χ2n) is 4.40. The number of anilines is 1. The van der Waals surface area contributed by atoms with Gasteiger partial charge in [-0.3, -0.25) is 0 Å². The molecule has 0 fully saturated rings. The largest absolute Gasteiger partial charge is 0.392 e. The molecule has 0 amide bonds. The molecule has 0 aliphatic heterocycles. The molecule has 3 heteroatoms. The Labute approximate surface area is 119 Å². The molecule has 0 saturated heterocycles. The Balaban J connectivity index is 2.30. The van der Waals surface area contributed by atoms with E-state index in [4.69, 9.17) is 11.6 Å². The summed E-state index contributed by atoms with van der Waals surface area (Å²) >= 11 is 6.15. The van der Waals surface area contributed by atoms with E-state index < -0.39 is 0 Å². The van der Waals surface area contributed by atoms with Crippen LogP contribution in [0.4, 0.5) is 5.69 Å². The van der Waals surface area contributed by atoms with Gasteiger partial charge < -0.3 is 10.0 Å². The average Bonchev–Trinajstić information content (AvgIpc) is 2.45. The van der Waals surface area contributed by atoms with Crippen LogP contribution in [0.1, 0.15) is 18.1 Å². The third kappa shape index (κ3) is 3.28. The fourth-order valence-electron chi connectivity index (χ4n) is 2.17. The minimum absolute atomic E-state index is 0.0414. The molecule has 0 heterocycles. The molecular formula is C16H18ClNO. The second kappa shape index (κ2) is 6.60. The lowest BCUT2D eigenvalue weighted by Crippen LogP contribution is -2.23. The van der Waals surface area contributed by atoms with E-state index in [1.165, 1.54) is 5.56 Å². The molecule has 2 aromatic rings. The van der Waals surface area contributed by atoms with Gasteiger partial charge in [0.1, 0.15) is 0 Å². The Kier molecular flexibility index (Phi) is 4.83. The smallest absolute Gasteiger partial charge is 0.0716 e. The van der Waals surface area contributed by atoms with E-state index in [0.29, 0.717) is 5.02 Å². The van der Waals surface area contributed by atoms with Gasteiger partial charge in [-0.25, -0.2) is 0 Å². The van der Waals surface area contributed by atoms with E-state index in [1.54, 1.807) is 0 Å². The van der Waals surface area contributed by atoms with Crippen molar-refractivity contribution in [2.45, 2.75) is 20.1 Å². The van der Waals surface area contributed by atoms with Crippen molar-refractivity contribution in [1.82, 2.24) is 0 Å². The first-order valence-electron chi connectivity index (χ1n) is 6.43. The number of aliphatic hydroxyl groups excluding tert-OH is 1. The van der Waals surface area contributed by atoms with Crippen LogP contribution in [-0.4, -0.2) is 11.7 Å². The van der Waals surface area contributed by atoms with E-state index in [-0.39, 0.29) is 6.61 Å². The fourth-order valence-corrected chi connectivity index (χ4v) is 2.40. The highest BCUT2D eigenvalue weighted by molar-refractivity contribution is 6.31. The molecule has 0 spiro atoms. The standard InChI is InChI=1S/C16H18ClNO/c1-2-18(11-13-7-4-3-5-8-13)16-10-6-9-15(17)14(16)12-19/h3-10,19H,2,11-12H2,1H3. The van der Waals surface area contributed by atoms with E-state index in [2.05, 4.69) is 24.0 Å². The topological polar surface area (TPSA) is 23.5 Å². The Morgan fingerprint density at radius 1 is 1.05 bits per heavy atom. The highest BCUT2D eigenvalue weighted by Gasteiger charge is 2.12. The number of halogens is 1. The van der Waals surface area contributed by atoms with Gasteiger partial charge in [0.2, 0.25) is 0 Å². The zero-order valence-corrected chi connectivity index (χ0v) is 11.8. The molecule has 0 aliphatic rings. The van der Waals surface area contributed by atoms with Crippen LogP contribution in [0.3, 0.4) is 0 Å². The molecule has 100 valence electrons. The van der Waals surface area contributed by atoms with Gasteiger partial charge in [0.15, 0.2) is 0 Å². The van der Waals surface area contributed by atoms with Crippen molar-refractivity contribution in [2.75, 3.05) is 11.4 Å². The van der Waals surface area contributed by atoms with Crippen LogP contribution in [0.2, 0.25) is 5.02 Å². The first-order chi connectivity index (χ1) is 9.26. The highest BCUT2D eigenvalue weighted by Crippen LogP contribution is 2.28. The summed E-state index contributed by atoms with van der Waals surface area (Å²) in [7, 11) is 0. The van der Waals surface area contributed by atoms with Crippen LogP contribution in [-0.2, 0) is 13.2 Å². The number of aliphatic hydroxyl groups is 1. The maximum absolute atomic E-state index is 9.50. The molecule has 1 N–H and O–H groups in total. The SMILES string of the molecule is CCN(Cc1ccccc1)c1cccc(Cl)c1CO. The summed E-state index contributed by atoms with van der Waals surface area (Å²) in [5, 5.41) is 10.1. The lowest BCUT2D eigenvalue weighted by molar-refractivity contribution is 0.282. The van der Waals surface area contributed by atoms with Crippen LogP contribution < -0.4 is 4.90 Å². The minimum Gasteiger partial charge on any atom is -0.392 e. The zero-order valence-electron chi connectivity index (χ0n) is 11.0. The van der Waals surface area contributed by atoms with Crippen LogP contribution >= 0.6 is 11.6 Å². The molecule has 19 heavy (non-hydrogen) atoms. The summed E-state index contributed by atoms with van der Waals surface area (Å²) in [5.41, 5.74) is 3.04. The van der Waals surface area contributed by atoms with Crippen molar-refractivity contribution in [3.8, 4) is 0 Å². The van der Waals surface area contributed by atoms with Crippen LogP contribution in [0, 0.1) is 0 Å². The molecule has 0 saturated carbocycles. The predicted octanol–water partition coefficient (Wildman–Crippen LogP) is 3.86. The summed E-state index contributed by atoms with van der Waals surface area (Å²) < 4.78 is 0. The van der Waals surface area contributed by atoms with E-state index >= 15 is 0 Å². The molecular weight excluding hydrogens is 258 g/mol. The molecule has 2 nitrogen and oxygen atoms in total. The molecule has 2 rings (SSSR count). The quantitative estimate of drug-likeness (QED) is 0.896. The van der Waals surface area contributed by atoms with Crippen LogP contribution in [0.25, 0.3) is 0 Å². The van der Waals surface area contributed by atoms with Gasteiger partial charge in [-0.15, -0.1) is 0 Å². The van der Waals surface area contributed by atoms with Crippen LogP contribution in [0.15, 0.2) is 48.5 Å². The van der Waals surface area contributed by atoms with E-state index in [0.717, 1.165) is 24.3 Å². The lowest BCUT2D eigenvalue weighted by Gasteiger charge is -2.26. The maximum atomic E-state index is 9.50. The van der Waals surface area contributed by atoms with Gasteiger partial charge in [-0.05, 0) is 24.6 Å². The molecule has 0 bridgehead atoms. The molecule has 0 unspecified atom stereocenters. The Bertz CT molecular complexity index is 528. The zero-order chi connectivity index (χ0) is 13.7. The van der Waals surface area contributed by atoms with Crippen molar-refractivity contribution in [3.05, 3.63) is 64.7 Å². The first-order valence-corrected chi connectivity index (χ1v) is 6.81. The summed E-state index contributed by atoms with van der Waals surface area (Å²) in [6.07, 6.45) is 0. The van der Waals surface area contributed by atoms with Crippen molar-refractivity contribution in [2.24, 2.45) is 0 Å². The number of hydrogen-bond donors (Lipinski definition) is 1. The normalized spacial score (nSPS) is 10.5. The van der Waals surface area contributed by atoms with Crippen molar-refractivity contribution >= 4 is 17.3 Å². The van der Waals surface area contributed by atoms with Crippen molar-refractivity contribution < 1.29 is 5.11 Å². The van der Waals surface area contributed by atoms with Gasteiger partial charge in [0, 0.05) is 29.4 Å². The number of nitrogens with zero attached hydrogens (tertiary/aromatic N) is 1. The summed E-state index contributed by atoms with van der Waals surface area (Å²) in [5.74, 6) is 0. The number of hydrogen-bond acceptors (Lipinski definition) is 2. The summed E-state index contributed by atoms with van der Waals surface area (Å²) in [6.45, 7) is 3.73. The number of benzene rings is 2. The highest BCUT2D eigenvalue weighted by atomic mass is 35.5. The fraction of sp³-hybridized carbons (Fsp3) is 0.250. The van der Waals surface area contributed by atoms with Gasteiger partial charge >= 0.3 is 0 Å². The van der Waals surface area contributed by atoms with Crippen LogP contribution in [0.5, 0.6) is 0 Å². The van der Waals surface area contributed by atoms with E-state index in [9.17, 15) is 5.11 Å². The van der Waals surface area contributed by atoms with E-state index in [1.807, 2.05) is 36.4 Å². The molecule has 0 aliphatic carbocycles. The molecule has 0 radical (unpaired) electrons. The van der Waals surface area contributed by atoms with Crippen molar-refractivity contribution in [1.29, 1.82) is 0 Å². The van der Waals surface area contributed by atoms with Gasteiger partial charge in [0.05, 0.1) is 6.61 Å². The summed E-state index contributed by atoms with van der Waals surface area (Å²) in [6, 6.07) is 16.0. The first kappa shape index (κ1) is 13.9. The third-order valence-corrected chi connectivity index (χ3v) is 3.55. The monoisotopic (exact) mass is 275 g/mol. The predicted molar refractivity (Wildman–Crippen MR) is 80.5 cm³/mol. The molecule has 0 atom stereocenters. The van der Waals surface area contributed by atoms with Crippen molar-refractivity contribution in [3.63, 3.8) is 0 Å². The van der Waals surface area contributed by atoms with Gasteiger partial charge in [-0.1, -0.05) is 48.0 Å². The minimum atomic E-state index is -0.0414. The lowest BCUT2D eigenvalue weighted by atomic mass is 10.1. The van der Waals surface area contributed by atoms with Gasteiger partial charge in [-0.2, -0.15) is 0 Å².